The van der Waals surface area contributed by atoms with Crippen LogP contribution in [0, 0.1) is 0 Å². The van der Waals surface area contributed by atoms with Gasteiger partial charge in [0.1, 0.15) is 5.82 Å². The molecule has 3 aromatic rings. The zero-order valence-corrected chi connectivity index (χ0v) is 16.8. The normalized spacial score (nSPS) is 11.2. The second-order valence-electron chi connectivity index (χ2n) is 6.16. The Kier molecular flexibility index (Phi) is 7.03. The fourth-order valence-corrected chi connectivity index (χ4v) is 3.47. The number of carbonyl (C=O) groups excluding carboxylic acids is 1. The molecule has 1 aromatic carbocycles. The molecule has 0 saturated carbocycles. The molecule has 0 spiro atoms. The van der Waals surface area contributed by atoms with Crippen LogP contribution in [0.1, 0.15) is 10.4 Å². The topological polar surface area (TPSA) is 126 Å². The van der Waals surface area contributed by atoms with Crippen LogP contribution in [0.5, 0.6) is 0 Å². The van der Waals surface area contributed by atoms with Crippen LogP contribution in [0.25, 0.3) is 0 Å². The second-order valence-corrected chi connectivity index (χ2v) is 8.04. The van der Waals surface area contributed by atoms with Crippen LogP contribution in [0.4, 0.5) is 26.1 Å². The van der Waals surface area contributed by atoms with Crippen molar-refractivity contribution < 1.29 is 22.0 Å². The lowest BCUT2D eigenvalue weighted by Gasteiger charge is -2.11. The molecule has 12 heteroatoms. The van der Waals surface area contributed by atoms with Gasteiger partial charge in [0, 0.05) is 19.3 Å². The average Bonchev–Trinajstić information content (AvgIpc) is 2.78. The first-order valence-electron chi connectivity index (χ1n) is 9.02. The fourth-order valence-electron chi connectivity index (χ4n) is 2.54. The SMILES string of the molecule is O=C(NCCNc1ccc(Nc2cccnc2)nn1)c1ccccc1S(=O)(=O)C(F)F. The molecule has 0 aliphatic rings. The number of benzene rings is 1. The minimum absolute atomic E-state index is 0.0965. The van der Waals surface area contributed by atoms with Crippen molar-refractivity contribution in [2.75, 3.05) is 23.7 Å². The monoisotopic (exact) mass is 448 g/mol. The van der Waals surface area contributed by atoms with E-state index in [4.69, 9.17) is 0 Å². The molecule has 0 unspecified atom stereocenters. The largest absolute Gasteiger partial charge is 0.367 e. The summed E-state index contributed by atoms with van der Waals surface area (Å²) in [7, 11) is -4.89. The molecular formula is C19H18F2N6O3S. The van der Waals surface area contributed by atoms with Gasteiger partial charge in [-0.15, -0.1) is 10.2 Å². The minimum atomic E-state index is -4.89. The maximum absolute atomic E-state index is 12.8. The summed E-state index contributed by atoms with van der Waals surface area (Å²) >= 11 is 0. The van der Waals surface area contributed by atoms with E-state index < -0.39 is 26.4 Å². The molecule has 0 fully saturated rings. The standard InChI is InChI=1S/C19H18F2N6O3S/c20-19(21)31(29,30)15-6-2-1-5-14(15)18(28)24-11-10-23-16-7-8-17(27-26-16)25-13-4-3-9-22-12-13/h1-9,12,19H,10-11H2,(H,23,26)(H,24,28)(H,25,27). The van der Waals surface area contributed by atoms with Crippen LogP contribution in [-0.4, -0.2) is 48.4 Å². The maximum Gasteiger partial charge on any atom is 0.341 e. The van der Waals surface area contributed by atoms with Crippen molar-refractivity contribution in [2.45, 2.75) is 10.7 Å². The van der Waals surface area contributed by atoms with Gasteiger partial charge in [-0.25, -0.2) is 8.42 Å². The summed E-state index contributed by atoms with van der Waals surface area (Å²) in [6.45, 7) is 0.346. The minimum Gasteiger partial charge on any atom is -0.367 e. The molecule has 3 rings (SSSR count). The third-order valence-corrected chi connectivity index (χ3v) is 5.43. The van der Waals surface area contributed by atoms with Gasteiger partial charge >= 0.3 is 5.76 Å². The highest BCUT2D eigenvalue weighted by Crippen LogP contribution is 2.22. The molecule has 3 N–H and O–H groups in total. The van der Waals surface area contributed by atoms with Gasteiger partial charge in [-0.1, -0.05) is 12.1 Å². The number of halogens is 2. The highest BCUT2D eigenvalue weighted by molar-refractivity contribution is 7.91. The zero-order valence-electron chi connectivity index (χ0n) is 16.0. The van der Waals surface area contributed by atoms with Crippen molar-refractivity contribution in [1.29, 1.82) is 0 Å². The molecule has 0 aliphatic carbocycles. The van der Waals surface area contributed by atoms with E-state index >= 15 is 0 Å². The Morgan fingerprint density at radius 2 is 1.71 bits per heavy atom. The van der Waals surface area contributed by atoms with Crippen LogP contribution < -0.4 is 16.0 Å². The number of sulfone groups is 1. The molecular weight excluding hydrogens is 430 g/mol. The molecule has 162 valence electrons. The summed E-state index contributed by atoms with van der Waals surface area (Å²) < 4.78 is 49.2. The molecule has 1 amide bonds. The molecule has 0 atom stereocenters. The molecule has 9 nitrogen and oxygen atoms in total. The van der Waals surface area contributed by atoms with E-state index in [0.717, 1.165) is 11.8 Å². The van der Waals surface area contributed by atoms with E-state index in [-0.39, 0.29) is 18.7 Å². The Morgan fingerprint density at radius 1 is 0.968 bits per heavy atom. The molecule has 0 saturated heterocycles. The van der Waals surface area contributed by atoms with Crippen molar-refractivity contribution in [1.82, 2.24) is 20.5 Å². The van der Waals surface area contributed by atoms with E-state index in [2.05, 4.69) is 31.1 Å². The van der Waals surface area contributed by atoms with Gasteiger partial charge in [0.2, 0.25) is 9.84 Å². The number of aromatic nitrogens is 3. The number of pyridine rings is 1. The Bertz CT molecular complexity index is 1130. The lowest BCUT2D eigenvalue weighted by Crippen LogP contribution is -2.30. The molecule has 2 heterocycles. The van der Waals surface area contributed by atoms with Crippen molar-refractivity contribution >= 4 is 33.1 Å². The predicted molar refractivity (Wildman–Crippen MR) is 110 cm³/mol. The van der Waals surface area contributed by atoms with Gasteiger partial charge in [0.25, 0.3) is 5.91 Å². The number of amides is 1. The highest BCUT2D eigenvalue weighted by Gasteiger charge is 2.30. The lowest BCUT2D eigenvalue weighted by molar-refractivity contribution is 0.0951. The Balaban J connectivity index is 1.52. The van der Waals surface area contributed by atoms with Crippen LogP contribution in [0.15, 0.2) is 65.8 Å². The number of rotatable bonds is 9. The van der Waals surface area contributed by atoms with Gasteiger partial charge in [0.05, 0.1) is 22.3 Å². The number of hydrogen-bond acceptors (Lipinski definition) is 8. The average molecular weight is 448 g/mol. The zero-order chi connectivity index (χ0) is 22.3. The van der Waals surface area contributed by atoms with Crippen LogP contribution >= 0.6 is 0 Å². The van der Waals surface area contributed by atoms with Crippen molar-refractivity contribution in [3.05, 3.63) is 66.5 Å². The second kappa shape index (κ2) is 9.89. The summed E-state index contributed by atoms with van der Waals surface area (Å²) in [4.78, 5) is 15.5. The molecule has 0 bridgehead atoms. The molecule has 2 aromatic heterocycles. The smallest absolute Gasteiger partial charge is 0.341 e. The number of alkyl halides is 2. The Morgan fingerprint density at radius 3 is 2.39 bits per heavy atom. The first kappa shape index (κ1) is 22.0. The number of anilines is 3. The number of nitrogens with one attached hydrogen (secondary N) is 3. The first-order valence-corrected chi connectivity index (χ1v) is 10.6. The summed E-state index contributed by atoms with van der Waals surface area (Å²) in [6.07, 6.45) is 3.29. The van der Waals surface area contributed by atoms with Crippen molar-refractivity contribution in [2.24, 2.45) is 0 Å². The van der Waals surface area contributed by atoms with Gasteiger partial charge in [-0.2, -0.15) is 8.78 Å². The quantitative estimate of drug-likeness (QED) is 0.426. The van der Waals surface area contributed by atoms with Crippen molar-refractivity contribution in [3.8, 4) is 0 Å². The Hall–Kier alpha value is -3.67. The Labute approximate surface area is 176 Å². The summed E-state index contributed by atoms with van der Waals surface area (Å²) in [6, 6.07) is 11.8. The third-order valence-electron chi connectivity index (χ3n) is 3.99. The summed E-state index contributed by atoms with van der Waals surface area (Å²) in [5.74, 6) is -3.42. The summed E-state index contributed by atoms with van der Waals surface area (Å²) in [5.41, 5.74) is 0.419. The van der Waals surface area contributed by atoms with Crippen molar-refractivity contribution in [3.63, 3.8) is 0 Å². The maximum atomic E-state index is 12.8. The van der Waals surface area contributed by atoms with E-state index in [1.54, 1.807) is 30.6 Å². The fraction of sp³-hybridized carbons (Fsp3) is 0.158. The number of hydrogen-bond donors (Lipinski definition) is 3. The predicted octanol–water partition coefficient (Wildman–Crippen LogP) is 2.45. The molecule has 0 radical (unpaired) electrons. The third kappa shape index (κ3) is 5.69. The van der Waals surface area contributed by atoms with Gasteiger partial charge in [-0.3, -0.25) is 9.78 Å². The lowest BCUT2D eigenvalue weighted by atomic mass is 10.2. The van der Waals surface area contributed by atoms with E-state index in [0.29, 0.717) is 11.6 Å². The first-order chi connectivity index (χ1) is 14.9. The molecule has 31 heavy (non-hydrogen) atoms. The van der Waals surface area contributed by atoms with Gasteiger partial charge in [0.15, 0.2) is 5.82 Å². The molecule has 0 aliphatic heterocycles. The van der Waals surface area contributed by atoms with Gasteiger partial charge < -0.3 is 16.0 Å². The van der Waals surface area contributed by atoms with E-state index in [1.165, 1.54) is 18.2 Å². The van der Waals surface area contributed by atoms with Crippen LogP contribution in [-0.2, 0) is 9.84 Å². The van der Waals surface area contributed by atoms with Crippen LogP contribution in [0.3, 0.4) is 0 Å². The van der Waals surface area contributed by atoms with E-state index in [1.807, 2.05) is 6.07 Å². The van der Waals surface area contributed by atoms with Crippen LogP contribution in [0.2, 0.25) is 0 Å². The summed E-state index contributed by atoms with van der Waals surface area (Å²) in [5, 5.41) is 16.5. The highest BCUT2D eigenvalue weighted by atomic mass is 32.2. The van der Waals surface area contributed by atoms with Gasteiger partial charge in [-0.05, 0) is 36.4 Å². The number of nitrogens with zero attached hydrogens (tertiary/aromatic N) is 3. The van der Waals surface area contributed by atoms with E-state index in [9.17, 15) is 22.0 Å². The number of carbonyl (C=O) groups is 1.